The van der Waals surface area contributed by atoms with Gasteiger partial charge in [-0.3, -0.25) is 4.79 Å². The lowest BCUT2D eigenvalue weighted by atomic mass is 10.3. The molecule has 6 nitrogen and oxygen atoms in total. The second-order valence-corrected chi connectivity index (χ2v) is 3.81. The highest BCUT2D eigenvalue weighted by atomic mass is 16.5. The maximum Gasteiger partial charge on any atom is 0.244 e. The van der Waals surface area contributed by atoms with Crippen molar-refractivity contribution in [1.82, 2.24) is 9.78 Å². The fourth-order valence-electron chi connectivity index (χ4n) is 1.30. The smallest absolute Gasteiger partial charge is 0.244 e. The van der Waals surface area contributed by atoms with Gasteiger partial charge in [0.15, 0.2) is 0 Å². The molecule has 0 saturated heterocycles. The number of nitrogens with two attached hydrogens (primary N) is 1. The minimum absolute atomic E-state index is 0.184. The Morgan fingerprint density at radius 1 is 1.69 bits per heavy atom. The van der Waals surface area contributed by atoms with E-state index in [1.54, 1.807) is 16.9 Å². The summed E-state index contributed by atoms with van der Waals surface area (Å²) in [4.78, 5) is 11.6. The van der Waals surface area contributed by atoms with E-state index in [9.17, 15) is 4.79 Å². The van der Waals surface area contributed by atoms with Gasteiger partial charge in [0.2, 0.25) is 5.91 Å². The van der Waals surface area contributed by atoms with Crippen molar-refractivity contribution in [2.75, 3.05) is 19.0 Å². The Kier molecular flexibility index (Phi) is 4.45. The van der Waals surface area contributed by atoms with Crippen LogP contribution < -0.4 is 11.1 Å². The van der Waals surface area contributed by atoms with Crippen molar-refractivity contribution in [2.24, 2.45) is 5.73 Å². The number of anilines is 1. The number of nitrogens with one attached hydrogen (secondary N) is 1. The van der Waals surface area contributed by atoms with E-state index in [1.807, 2.05) is 13.8 Å². The number of nitrogens with zero attached hydrogens (tertiary/aromatic N) is 2. The molecule has 1 atom stereocenters. The number of ether oxygens (including phenoxy) is 1. The van der Waals surface area contributed by atoms with Crippen molar-refractivity contribution < 1.29 is 9.53 Å². The summed E-state index contributed by atoms with van der Waals surface area (Å²) in [6.45, 7) is 4.16. The molecule has 0 aliphatic rings. The maximum atomic E-state index is 11.6. The molecule has 1 rings (SSSR count). The Balaban J connectivity index is 2.66. The number of amides is 1. The third-order valence-electron chi connectivity index (χ3n) is 2.09. The first-order valence-electron chi connectivity index (χ1n) is 5.15. The molecule has 0 aliphatic carbocycles. The predicted molar refractivity (Wildman–Crippen MR) is 61.1 cm³/mol. The molecule has 0 spiro atoms. The van der Waals surface area contributed by atoms with Crippen molar-refractivity contribution in [1.29, 1.82) is 0 Å². The number of hydrogen-bond donors (Lipinski definition) is 2. The summed E-state index contributed by atoms with van der Waals surface area (Å²) in [5, 5.41) is 6.82. The van der Waals surface area contributed by atoms with Gasteiger partial charge in [-0.05, 0) is 13.8 Å². The van der Waals surface area contributed by atoms with Crippen LogP contribution in [0.2, 0.25) is 0 Å². The third-order valence-corrected chi connectivity index (χ3v) is 2.09. The van der Waals surface area contributed by atoms with Crippen LogP contribution in [0.4, 0.5) is 5.82 Å². The van der Waals surface area contributed by atoms with Gasteiger partial charge in [0.25, 0.3) is 0 Å². The monoisotopic (exact) mass is 226 g/mol. The first kappa shape index (κ1) is 12.7. The van der Waals surface area contributed by atoms with E-state index in [4.69, 9.17) is 10.5 Å². The number of hydrogen-bond acceptors (Lipinski definition) is 4. The summed E-state index contributed by atoms with van der Waals surface area (Å²) in [6, 6.07) is 1.25. The maximum absolute atomic E-state index is 11.6. The van der Waals surface area contributed by atoms with E-state index in [0.717, 1.165) is 0 Å². The van der Waals surface area contributed by atoms with Crippen LogP contribution in [0.15, 0.2) is 12.3 Å². The number of methoxy groups -OCH3 is 1. The van der Waals surface area contributed by atoms with Crippen LogP contribution in [-0.4, -0.2) is 35.4 Å². The normalized spacial score (nSPS) is 12.8. The van der Waals surface area contributed by atoms with E-state index in [0.29, 0.717) is 5.82 Å². The summed E-state index contributed by atoms with van der Waals surface area (Å²) in [6.07, 6.45) is 1.64. The van der Waals surface area contributed by atoms with Gasteiger partial charge >= 0.3 is 0 Å². The Bertz CT molecular complexity index is 348. The Morgan fingerprint density at radius 2 is 2.38 bits per heavy atom. The van der Waals surface area contributed by atoms with Crippen LogP contribution in [0.5, 0.6) is 0 Å². The van der Waals surface area contributed by atoms with Gasteiger partial charge in [-0.25, -0.2) is 4.68 Å². The van der Waals surface area contributed by atoms with E-state index >= 15 is 0 Å². The largest absolute Gasteiger partial charge is 0.383 e. The van der Waals surface area contributed by atoms with E-state index in [-0.39, 0.29) is 18.6 Å². The molecule has 6 heteroatoms. The van der Waals surface area contributed by atoms with E-state index in [2.05, 4.69) is 10.4 Å². The lowest BCUT2D eigenvalue weighted by molar-refractivity contribution is -0.118. The fraction of sp³-hybridized carbons (Fsp3) is 0.600. The zero-order valence-electron chi connectivity index (χ0n) is 9.80. The molecule has 0 aromatic carbocycles. The van der Waals surface area contributed by atoms with Gasteiger partial charge in [-0.2, -0.15) is 5.10 Å². The number of aromatic nitrogens is 2. The average Bonchev–Trinajstić information content (AvgIpc) is 2.66. The summed E-state index contributed by atoms with van der Waals surface area (Å²) in [5.41, 5.74) is 5.60. The molecule has 1 aromatic heterocycles. The van der Waals surface area contributed by atoms with Crippen LogP contribution >= 0.6 is 0 Å². The lowest BCUT2D eigenvalue weighted by Gasteiger charge is -2.14. The highest BCUT2D eigenvalue weighted by Gasteiger charge is 2.15. The number of carbonyl (C=O) groups is 1. The molecule has 1 heterocycles. The van der Waals surface area contributed by atoms with Gasteiger partial charge in [0, 0.05) is 19.2 Å². The van der Waals surface area contributed by atoms with Crippen LogP contribution in [0.25, 0.3) is 0 Å². The zero-order valence-corrected chi connectivity index (χ0v) is 9.80. The molecule has 16 heavy (non-hydrogen) atoms. The van der Waals surface area contributed by atoms with Crippen molar-refractivity contribution in [2.45, 2.75) is 25.9 Å². The Morgan fingerprint density at radius 3 is 2.94 bits per heavy atom. The molecule has 0 saturated carbocycles. The summed E-state index contributed by atoms with van der Waals surface area (Å²) in [7, 11) is 1.51. The molecular formula is C10H18N4O2. The Labute approximate surface area is 94.8 Å². The minimum Gasteiger partial charge on any atom is -0.383 e. The SMILES string of the molecule is COCC(N)C(=O)Nc1ccnn1C(C)C. The van der Waals surface area contributed by atoms with Gasteiger partial charge in [-0.1, -0.05) is 0 Å². The molecule has 0 aliphatic heterocycles. The summed E-state index contributed by atoms with van der Waals surface area (Å²) >= 11 is 0. The van der Waals surface area contributed by atoms with Gasteiger partial charge in [0.05, 0.1) is 12.8 Å². The lowest BCUT2D eigenvalue weighted by Crippen LogP contribution is -2.39. The van der Waals surface area contributed by atoms with Gasteiger partial charge in [0.1, 0.15) is 11.9 Å². The summed E-state index contributed by atoms with van der Waals surface area (Å²) in [5.74, 6) is 0.371. The van der Waals surface area contributed by atoms with E-state index in [1.165, 1.54) is 7.11 Å². The quantitative estimate of drug-likeness (QED) is 0.760. The highest BCUT2D eigenvalue weighted by molar-refractivity contribution is 5.94. The van der Waals surface area contributed by atoms with Crippen LogP contribution in [-0.2, 0) is 9.53 Å². The van der Waals surface area contributed by atoms with Crippen LogP contribution in [0, 0.1) is 0 Å². The van der Waals surface area contributed by atoms with Crippen molar-refractivity contribution in [3.63, 3.8) is 0 Å². The van der Waals surface area contributed by atoms with Gasteiger partial charge in [-0.15, -0.1) is 0 Å². The molecule has 3 N–H and O–H groups in total. The molecule has 90 valence electrons. The predicted octanol–water partition coefficient (Wildman–Crippen LogP) is 0.376. The topological polar surface area (TPSA) is 82.2 Å². The van der Waals surface area contributed by atoms with Gasteiger partial charge < -0.3 is 15.8 Å². The average molecular weight is 226 g/mol. The van der Waals surface area contributed by atoms with Crippen molar-refractivity contribution in [3.8, 4) is 0 Å². The first-order chi connectivity index (χ1) is 7.56. The highest BCUT2D eigenvalue weighted by Crippen LogP contribution is 2.12. The summed E-state index contributed by atoms with van der Waals surface area (Å²) < 4.78 is 6.53. The molecule has 0 fully saturated rings. The molecule has 1 amide bonds. The first-order valence-corrected chi connectivity index (χ1v) is 5.15. The van der Waals surface area contributed by atoms with Crippen LogP contribution in [0.3, 0.4) is 0 Å². The molecule has 0 bridgehead atoms. The van der Waals surface area contributed by atoms with E-state index < -0.39 is 6.04 Å². The molecule has 1 unspecified atom stereocenters. The fourth-order valence-corrected chi connectivity index (χ4v) is 1.30. The molecule has 1 aromatic rings. The zero-order chi connectivity index (χ0) is 12.1. The number of rotatable bonds is 5. The number of carbonyl (C=O) groups excluding carboxylic acids is 1. The third kappa shape index (κ3) is 3.04. The second kappa shape index (κ2) is 5.62. The minimum atomic E-state index is -0.666. The van der Waals surface area contributed by atoms with Crippen molar-refractivity contribution >= 4 is 11.7 Å². The van der Waals surface area contributed by atoms with Crippen LogP contribution in [0.1, 0.15) is 19.9 Å². The molecular weight excluding hydrogens is 208 g/mol. The molecule has 0 radical (unpaired) electrons. The van der Waals surface area contributed by atoms with Crippen molar-refractivity contribution in [3.05, 3.63) is 12.3 Å². The standard InChI is InChI=1S/C10H18N4O2/c1-7(2)14-9(4-5-12-14)13-10(15)8(11)6-16-3/h4-5,7-8H,6,11H2,1-3H3,(H,13,15). The Hall–Kier alpha value is -1.40. The second-order valence-electron chi connectivity index (χ2n) is 3.81.